The number of amides is 1. The Bertz CT molecular complexity index is 828. The van der Waals surface area contributed by atoms with E-state index in [1.165, 1.54) is 18.3 Å². The molecule has 1 amide bonds. The van der Waals surface area contributed by atoms with Crippen LogP contribution in [0.3, 0.4) is 0 Å². The number of ether oxygens (including phenoxy) is 2. The SMILES string of the molecule is Cc1ccc(Cl)c(OCC(=O)O[C@@H](C)C(=O)Nc2sccc2C#N)c1. The normalized spacial score (nSPS) is 11.3. The second-order valence-electron chi connectivity index (χ2n) is 5.12. The number of nitrogens with one attached hydrogen (secondary N) is 1. The van der Waals surface area contributed by atoms with Gasteiger partial charge in [-0.3, -0.25) is 4.79 Å². The summed E-state index contributed by atoms with van der Waals surface area (Å²) in [6.07, 6.45) is -1.03. The molecule has 130 valence electrons. The number of nitriles is 1. The molecule has 8 heteroatoms. The van der Waals surface area contributed by atoms with Crippen molar-refractivity contribution < 1.29 is 19.1 Å². The Hall–Kier alpha value is -2.56. The molecule has 0 spiro atoms. The zero-order valence-corrected chi connectivity index (χ0v) is 15.1. The maximum atomic E-state index is 12.0. The first-order valence-electron chi connectivity index (χ1n) is 7.27. The van der Waals surface area contributed by atoms with Gasteiger partial charge in [0.1, 0.15) is 16.8 Å². The molecule has 1 atom stereocenters. The zero-order valence-electron chi connectivity index (χ0n) is 13.5. The number of hydrogen-bond acceptors (Lipinski definition) is 6. The summed E-state index contributed by atoms with van der Waals surface area (Å²) in [4.78, 5) is 23.9. The average molecular weight is 379 g/mol. The van der Waals surface area contributed by atoms with Crippen LogP contribution in [0.15, 0.2) is 29.6 Å². The Morgan fingerprint density at radius 1 is 1.40 bits per heavy atom. The van der Waals surface area contributed by atoms with Crippen LogP contribution in [0.1, 0.15) is 18.1 Å². The van der Waals surface area contributed by atoms with Crippen molar-refractivity contribution in [1.82, 2.24) is 0 Å². The van der Waals surface area contributed by atoms with Crippen molar-refractivity contribution in [1.29, 1.82) is 5.26 Å². The Kier molecular flexibility index (Phi) is 6.39. The van der Waals surface area contributed by atoms with Crippen molar-refractivity contribution in [2.24, 2.45) is 0 Å². The van der Waals surface area contributed by atoms with E-state index in [9.17, 15) is 9.59 Å². The minimum Gasteiger partial charge on any atom is -0.480 e. The third-order valence-corrected chi connectivity index (χ3v) is 4.27. The highest BCUT2D eigenvalue weighted by atomic mass is 35.5. The first kappa shape index (κ1) is 18.8. The highest BCUT2D eigenvalue weighted by Gasteiger charge is 2.20. The Labute approximate surface area is 153 Å². The quantitative estimate of drug-likeness (QED) is 0.777. The van der Waals surface area contributed by atoms with Gasteiger partial charge in [0.15, 0.2) is 12.7 Å². The summed E-state index contributed by atoms with van der Waals surface area (Å²) in [7, 11) is 0. The molecular formula is C17H15ClN2O4S. The maximum Gasteiger partial charge on any atom is 0.344 e. The highest BCUT2D eigenvalue weighted by molar-refractivity contribution is 7.14. The summed E-state index contributed by atoms with van der Waals surface area (Å²) in [6, 6.07) is 8.75. The molecule has 0 aliphatic rings. The largest absolute Gasteiger partial charge is 0.480 e. The van der Waals surface area contributed by atoms with E-state index in [0.717, 1.165) is 5.56 Å². The molecule has 0 radical (unpaired) electrons. The smallest absolute Gasteiger partial charge is 0.344 e. The van der Waals surface area contributed by atoms with E-state index in [1.807, 2.05) is 19.1 Å². The molecule has 0 saturated heterocycles. The highest BCUT2D eigenvalue weighted by Crippen LogP contribution is 2.25. The lowest BCUT2D eigenvalue weighted by Gasteiger charge is -2.14. The fourth-order valence-electron chi connectivity index (χ4n) is 1.85. The summed E-state index contributed by atoms with van der Waals surface area (Å²) in [5, 5.41) is 14.0. The second kappa shape index (κ2) is 8.51. The number of carbonyl (C=O) groups is 2. The molecule has 1 aromatic carbocycles. The minimum absolute atomic E-state index is 0.356. The van der Waals surface area contributed by atoms with Crippen molar-refractivity contribution in [3.63, 3.8) is 0 Å². The van der Waals surface area contributed by atoms with Gasteiger partial charge >= 0.3 is 5.97 Å². The Balaban J connectivity index is 1.86. The lowest BCUT2D eigenvalue weighted by atomic mass is 10.2. The Morgan fingerprint density at radius 2 is 2.16 bits per heavy atom. The van der Waals surface area contributed by atoms with Crippen molar-refractivity contribution in [2.75, 3.05) is 11.9 Å². The zero-order chi connectivity index (χ0) is 18.4. The lowest BCUT2D eigenvalue weighted by Crippen LogP contribution is -2.31. The van der Waals surface area contributed by atoms with Crippen LogP contribution in [0.4, 0.5) is 5.00 Å². The molecule has 1 aromatic heterocycles. The van der Waals surface area contributed by atoms with Crippen molar-refractivity contribution in [3.8, 4) is 11.8 Å². The topological polar surface area (TPSA) is 88.4 Å². The van der Waals surface area contributed by atoms with Crippen LogP contribution < -0.4 is 10.1 Å². The molecule has 0 bridgehead atoms. The molecule has 2 rings (SSSR count). The van der Waals surface area contributed by atoms with E-state index in [2.05, 4.69) is 5.32 Å². The number of halogens is 1. The summed E-state index contributed by atoms with van der Waals surface area (Å²) < 4.78 is 10.4. The summed E-state index contributed by atoms with van der Waals surface area (Å²) in [5.74, 6) is -0.860. The number of thiophene rings is 1. The van der Waals surface area contributed by atoms with Gasteiger partial charge in [0.05, 0.1) is 10.6 Å². The van der Waals surface area contributed by atoms with E-state index in [0.29, 0.717) is 21.3 Å². The van der Waals surface area contributed by atoms with E-state index < -0.39 is 18.0 Å². The summed E-state index contributed by atoms with van der Waals surface area (Å²) in [6.45, 7) is 2.93. The first-order chi connectivity index (χ1) is 11.9. The van der Waals surface area contributed by atoms with Crippen LogP contribution >= 0.6 is 22.9 Å². The lowest BCUT2D eigenvalue weighted by molar-refractivity contribution is -0.155. The number of carbonyl (C=O) groups excluding carboxylic acids is 2. The minimum atomic E-state index is -1.03. The number of nitrogens with zero attached hydrogens (tertiary/aromatic N) is 1. The third-order valence-electron chi connectivity index (χ3n) is 3.13. The van der Waals surface area contributed by atoms with Crippen LogP contribution in [0, 0.1) is 18.3 Å². The molecule has 1 heterocycles. The van der Waals surface area contributed by atoms with Crippen molar-refractivity contribution >= 4 is 39.8 Å². The Morgan fingerprint density at radius 3 is 2.88 bits per heavy atom. The molecule has 2 aromatic rings. The van der Waals surface area contributed by atoms with E-state index in [-0.39, 0.29) is 6.61 Å². The summed E-state index contributed by atoms with van der Waals surface area (Å²) >= 11 is 7.19. The molecule has 1 N–H and O–H groups in total. The van der Waals surface area contributed by atoms with Gasteiger partial charge in [0.25, 0.3) is 5.91 Å². The number of rotatable bonds is 6. The number of aryl methyl sites for hydroxylation is 1. The molecular weight excluding hydrogens is 364 g/mol. The monoisotopic (exact) mass is 378 g/mol. The number of hydrogen-bond donors (Lipinski definition) is 1. The number of anilines is 1. The van der Waals surface area contributed by atoms with Crippen LogP contribution in [0.25, 0.3) is 0 Å². The first-order valence-corrected chi connectivity index (χ1v) is 8.53. The molecule has 0 saturated carbocycles. The van der Waals surface area contributed by atoms with Crippen LogP contribution in [-0.4, -0.2) is 24.6 Å². The molecule has 0 aliphatic carbocycles. The van der Waals surface area contributed by atoms with Crippen LogP contribution in [-0.2, 0) is 14.3 Å². The van der Waals surface area contributed by atoms with E-state index >= 15 is 0 Å². The average Bonchev–Trinajstić information content (AvgIpc) is 3.02. The maximum absolute atomic E-state index is 12.0. The number of esters is 1. The van der Waals surface area contributed by atoms with Gasteiger partial charge < -0.3 is 14.8 Å². The molecule has 0 aliphatic heterocycles. The van der Waals surface area contributed by atoms with Gasteiger partial charge in [-0.1, -0.05) is 17.7 Å². The van der Waals surface area contributed by atoms with E-state index in [4.69, 9.17) is 26.3 Å². The van der Waals surface area contributed by atoms with Gasteiger partial charge in [0.2, 0.25) is 0 Å². The predicted molar refractivity (Wildman–Crippen MR) is 94.9 cm³/mol. The van der Waals surface area contributed by atoms with E-state index in [1.54, 1.807) is 23.6 Å². The second-order valence-corrected chi connectivity index (χ2v) is 6.44. The van der Waals surface area contributed by atoms with Gasteiger partial charge in [-0.2, -0.15) is 5.26 Å². The fourth-order valence-corrected chi connectivity index (χ4v) is 2.76. The molecule has 6 nitrogen and oxygen atoms in total. The van der Waals surface area contributed by atoms with Gasteiger partial charge in [-0.05, 0) is 43.0 Å². The molecule has 0 unspecified atom stereocenters. The van der Waals surface area contributed by atoms with Crippen molar-refractivity contribution in [3.05, 3.63) is 45.8 Å². The van der Waals surface area contributed by atoms with Crippen molar-refractivity contribution in [2.45, 2.75) is 20.0 Å². The van der Waals surface area contributed by atoms with Gasteiger partial charge in [0, 0.05) is 0 Å². The van der Waals surface area contributed by atoms with Crippen LogP contribution in [0.5, 0.6) is 5.75 Å². The van der Waals surface area contributed by atoms with Crippen LogP contribution in [0.2, 0.25) is 5.02 Å². The fraction of sp³-hybridized carbons (Fsp3) is 0.235. The standard InChI is InChI=1S/C17H15ClN2O4S/c1-10-3-4-13(18)14(7-10)23-9-15(21)24-11(2)16(22)20-17-12(8-19)5-6-25-17/h3-7,11H,9H2,1-2H3,(H,20,22)/t11-/m0/s1. The number of benzene rings is 1. The van der Waals surface area contributed by atoms with Gasteiger partial charge in [-0.25, -0.2) is 4.79 Å². The predicted octanol–water partition coefficient (Wildman–Crippen LogP) is 3.53. The van der Waals surface area contributed by atoms with Gasteiger partial charge in [-0.15, -0.1) is 11.3 Å². The summed E-state index contributed by atoms with van der Waals surface area (Å²) in [5.41, 5.74) is 1.29. The third kappa shape index (κ3) is 5.21. The molecule has 25 heavy (non-hydrogen) atoms. The molecule has 0 fully saturated rings.